The highest BCUT2D eigenvalue weighted by Crippen LogP contribution is 2.29. The van der Waals surface area contributed by atoms with Crippen molar-refractivity contribution in [3.05, 3.63) is 62.7 Å². The quantitative estimate of drug-likeness (QED) is 0.414. The number of nitrogens with one attached hydrogen (secondary N) is 1. The molecule has 2 aliphatic rings. The molecule has 0 unspecified atom stereocenters. The summed E-state index contributed by atoms with van der Waals surface area (Å²) in [7, 11) is 0. The van der Waals surface area contributed by atoms with Crippen LogP contribution in [-0.2, 0) is 11.3 Å². The van der Waals surface area contributed by atoms with Crippen molar-refractivity contribution in [1.29, 1.82) is 0 Å². The largest absolute Gasteiger partial charge is 0.384 e. The van der Waals surface area contributed by atoms with Crippen molar-refractivity contribution in [1.82, 2.24) is 29.4 Å². The second-order valence-corrected chi connectivity index (χ2v) is 9.18. The standard InChI is InChI=1S/C25H23N7O4/c1-13(33)24(35)31-6-4-16(5-7-31)32-22-17(23(34)30-25(32)36)11-28-19-3-2-18(29-21(19)22)15-8-14-9-26-12-20(14)27-10-15/h2-3,8-11,13,16,33H,4-7,12H2,1H3,(H,30,34,36)/t13-/m0/s1. The zero-order chi connectivity index (χ0) is 25.0. The number of likely N-dealkylation sites (tertiary alicyclic amines) is 1. The summed E-state index contributed by atoms with van der Waals surface area (Å²) in [6, 6.07) is 5.37. The number of carbonyl (C=O) groups excluding carboxylic acids is 1. The van der Waals surface area contributed by atoms with Gasteiger partial charge in [-0.2, -0.15) is 0 Å². The molecule has 0 radical (unpaired) electrons. The number of aliphatic hydroxyl groups excluding tert-OH is 1. The highest BCUT2D eigenvalue weighted by molar-refractivity contribution is 6.01. The van der Waals surface area contributed by atoms with E-state index in [1.165, 1.54) is 13.1 Å². The first-order chi connectivity index (χ1) is 17.4. The monoisotopic (exact) mass is 485 g/mol. The number of carbonyl (C=O) groups is 1. The van der Waals surface area contributed by atoms with Gasteiger partial charge in [0.05, 0.1) is 34.4 Å². The number of H-pyrrole nitrogens is 1. The van der Waals surface area contributed by atoms with E-state index < -0.39 is 17.4 Å². The van der Waals surface area contributed by atoms with Crippen molar-refractivity contribution in [3.63, 3.8) is 0 Å². The molecule has 0 aromatic carbocycles. The van der Waals surface area contributed by atoms with Crippen molar-refractivity contribution in [2.24, 2.45) is 4.99 Å². The predicted molar refractivity (Wildman–Crippen MR) is 133 cm³/mol. The topological polar surface area (TPSA) is 146 Å². The van der Waals surface area contributed by atoms with Gasteiger partial charge in [0.1, 0.15) is 11.6 Å². The number of amides is 1. The Hall–Kier alpha value is -4.25. The number of aromatic amines is 1. The summed E-state index contributed by atoms with van der Waals surface area (Å²) in [5.41, 5.74) is 3.67. The molecule has 1 atom stereocenters. The molecular formula is C25H23N7O4. The lowest BCUT2D eigenvalue weighted by atomic mass is 10.0. The predicted octanol–water partition coefficient (Wildman–Crippen LogP) is 1.17. The number of aliphatic hydroxyl groups is 1. The van der Waals surface area contributed by atoms with E-state index in [9.17, 15) is 19.5 Å². The van der Waals surface area contributed by atoms with E-state index in [1.807, 2.05) is 18.2 Å². The molecule has 2 aliphatic heterocycles. The fraction of sp³-hybridized carbons (Fsp3) is 0.320. The molecule has 0 saturated carbocycles. The average molecular weight is 486 g/mol. The van der Waals surface area contributed by atoms with Crippen LogP contribution in [-0.4, -0.2) is 65.8 Å². The number of piperidine rings is 1. The maximum absolute atomic E-state index is 13.1. The number of aliphatic imine (C=N–C) groups is 1. The summed E-state index contributed by atoms with van der Waals surface area (Å²) in [6.07, 6.45) is 4.92. The van der Waals surface area contributed by atoms with Crippen molar-refractivity contribution in [2.45, 2.75) is 38.5 Å². The van der Waals surface area contributed by atoms with Gasteiger partial charge in [0.25, 0.3) is 11.5 Å². The van der Waals surface area contributed by atoms with Crippen LogP contribution < -0.4 is 11.2 Å². The zero-order valence-corrected chi connectivity index (χ0v) is 19.5. The number of aromatic nitrogens is 5. The van der Waals surface area contributed by atoms with Gasteiger partial charge in [0, 0.05) is 48.9 Å². The Bertz CT molecular complexity index is 1680. The fourth-order valence-electron chi connectivity index (χ4n) is 5.03. The molecule has 1 saturated heterocycles. The van der Waals surface area contributed by atoms with Crippen LogP contribution in [0.1, 0.15) is 37.1 Å². The Kier molecular flexibility index (Phi) is 5.22. The first-order valence-electron chi connectivity index (χ1n) is 11.8. The second-order valence-electron chi connectivity index (χ2n) is 9.18. The zero-order valence-electron chi connectivity index (χ0n) is 19.5. The lowest BCUT2D eigenvalue weighted by molar-refractivity contribution is -0.140. The Morgan fingerprint density at radius 1 is 1.17 bits per heavy atom. The maximum Gasteiger partial charge on any atom is 0.329 e. The van der Waals surface area contributed by atoms with E-state index in [2.05, 4.69) is 19.9 Å². The van der Waals surface area contributed by atoms with Crippen LogP contribution in [0.25, 0.3) is 33.2 Å². The SMILES string of the molecule is C[C@H](O)C(=O)N1CCC(n2c(=O)[nH]c(=O)c3cnc4ccc(-c5cnc6c(c5)C=NC6)nc4c32)CC1. The van der Waals surface area contributed by atoms with Crippen molar-refractivity contribution in [3.8, 4) is 11.3 Å². The first kappa shape index (κ1) is 22.2. The van der Waals surface area contributed by atoms with Crippen LogP contribution in [0, 0.1) is 0 Å². The molecule has 1 fully saturated rings. The van der Waals surface area contributed by atoms with E-state index in [-0.39, 0.29) is 17.3 Å². The minimum absolute atomic E-state index is 0.260. The van der Waals surface area contributed by atoms with E-state index in [1.54, 1.807) is 21.9 Å². The molecule has 0 bridgehead atoms. The van der Waals surface area contributed by atoms with Gasteiger partial charge in [-0.05, 0) is 38.0 Å². The van der Waals surface area contributed by atoms with Crippen LogP contribution in [0.5, 0.6) is 0 Å². The molecule has 11 nitrogen and oxygen atoms in total. The summed E-state index contributed by atoms with van der Waals surface area (Å²) in [5, 5.41) is 9.92. The molecule has 1 amide bonds. The highest BCUT2D eigenvalue weighted by atomic mass is 16.3. The summed E-state index contributed by atoms with van der Waals surface area (Å²) >= 11 is 0. The van der Waals surface area contributed by atoms with Crippen molar-refractivity contribution in [2.75, 3.05) is 13.1 Å². The summed E-state index contributed by atoms with van der Waals surface area (Å²) in [6.45, 7) is 2.79. The van der Waals surface area contributed by atoms with E-state index >= 15 is 0 Å². The minimum Gasteiger partial charge on any atom is -0.384 e. The summed E-state index contributed by atoms with van der Waals surface area (Å²) in [5.74, 6) is -0.332. The number of hydrogen-bond acceptors (Lipinski definition) is 8. The van der Waals surface area contributed by atoms with Crippen LogP contribution >= 0.6 is 0 Å². The fourth-order valence-corrected chi connectivity index (χ4v) is 5.03. The Morgan fingerprint density at radius 3 is 2.75 bits per heavy atom. The lowest BCUT2D eigenvalue weighted by Crippen LogP contribution is -2.45. The molecule has 182 valence electrons. The third-order valence-electron chi connectivity index (χ3n) is 6.88. The van der Waals surface area contributed by atoms with Gasteiger partial charge in [-0.25, -0.2) is 9.78 Å². The van der Waals surface area contributed by atoms with Gasteiger partial charge in [-0.1, -0.05) is 0 Å². The Labute approximate surface area is 204 Å². The maximum atomic E-state index is 13.1. The van der Waals surface area contributed by atoms with Gasteiger partial charge >= 0.3 is 5.69 Å². The molecule has 2 N–H and O–H groups in total. The van der Waals surface area contributed by atoms with Gasteiger partial charge in [-0.3, -0.25) is 34.1 Å². The Morgan fingerprint density at radius 2 is 1.97 bits per heavy atom. The molecule has 11 heteroatoms. The van der Waals surface area contributed by atoms with Gasteiger partial charge in [-0.15, -0.1) is 0 Å². The first-order valence-corrected chi connectivity index (χ1v) is 11.8. The third-order valence-corrected chi connectivity index (χ3v) is 6.88. The third kappa shape index (κ3) is 3.59. The number of fused-ring (bicyclic) bond motifs is 4. The van der Waals surface area contributed by atoms with E-state index in [0.29, 0.717) is 54.7 Å². The molecule has 36 heavy (non-hydrogen) atoms. The molecule has 6 rings (SSSR count). The number of hydrogen-bond donors (Lipinski definition) is 2. The molecule has 0 aliphatic carbocycles. The van der Waals surface area contributed by atoms with Crippen LogP contribution in [0.4, 0.5) is 0 Å². The average Bonchev–Trinajstić information content (AvgIpc) is 3.36. The van der Waals surface area contributed by atoms with Crippen molar-refractivity contribution >= 4 is 34.1 Å². The Balaban J connectivity index is 1.50. The molecule has 4 aromatic rings. The molecular weight excluding hydrogens is 462 g/mol. The van der Waals surface area contributed by atoms with E-state index in [4.69, 9.17) is 4.98 Å². The highest BCUT2D eigenvalue weighted by Gasteiger charge is 2.28. The van der Waals surface area contributed by atoms with Crippen LogP contribution in [0.15, 0.2) is 45.2 Å². The van der Waals surface area contributed by atoms with Crippen LogP contribution in [0.3, 0.4) is 0 Å². The second kappa shape index (κ2) is 8.45. The minimum atomic E-state index is -1.07. The van der Waals surface area contributed by atoms with Gasteiger partial charge in [0.15, 0.2) is 0 Å². The number of rotatable bonds is 3. The van der Waals surface area contributed by atoms with E-state index in [0.717, 1.165) is 16.8 Å². The summed E-state index contributed by atoms with van der Waals surface area (Å²) in [4.78, 5) is 60.1. The molecule has 0 spiro atoms. The normalized spacial score (nSPS) is 16.6. The van der Waals surface area contributed by atoms with Gasteiger partial charge in [0.2, 0.25) is 0 Å². The smallest absolute Gasteiger partial charge is 0.329 e. The van der Waals surface area contributed by atoms with Gasteiger partial charge < -0.3 is 10.0 Å². The number of nitrogens with zero attached hydrogens (tertiary/aromatic N) is 6. The van der Waals surface area contributed by atoms with Crippen molar-refractivity contribution < 1.29 is 9.90 Å². The lowest BCUT2D eigenvalue weighted by Gasteiger charge is -2.34. The van der Waals surface area contributed by atoms with Crippen LogP contribution in [0.2, 0.25) is 0 Å². The molecule has 4 aromatic heterocycles. The molecule has 6 heterocycles. The summed E-state index contributed by atoms with van der Waals surface area (Å²) < 4.78 is 1.58. The number of pyridine rings is 3.